The molecule has 0 fully saturated rings. The Labute approximate surface area is 114 Å². The van der Waals surface area contributed by atoms with Crippen LogP contribution in [0.4, 0.5) is 5.00 Å². The zero-order valence-electron chi connectivity index (χ0n) is 10.5. The highest BCUT2D eigenvalue weighted by atomic mass is 32.1. The summed E-state index contributed by atoms with van der Waals surface area (Å²) in [6.07, 6.45) is 1.76. The lowest BCUT2D eigenvalue weighted by Gasteiger charge is -2.11. The van der Waals surface area contributed by atoms with Crippen molar-refractivity contribution in [1.82, 2.24) is 0 Å². The van der Waals surface area contributed by atoms with Gasteiger partial charge in [-0.15, -0.1) is 11.3 Å². The average Bonchev–Trinajstić information content (AvgIpc) is 2.77. The second-order valence-electron chi connectivity index (χ2n) is 3.60. The van der Waals surface area contributed by atoms with Crippen molar-refractivity contribution in [2.75, 3.05) is 5.32 Å². The Hall–Kier alpha value is -2.15. The van der Waals surface area contributed by atoms with Crippen LogP contribution in [-0.4, -0.2) is 23.9 Å². The molecule has 0 aliphatic heterocycles. The van der Waals surface area contributed by atoms with Gasteiger partial charge in [0.2, 0.25) is 0 Å². The number of nitrogens with two attached hydrogens (primary N) is 1. The number of carbonyl (C=O) groups excluding carboxylic acids is 3. The zero-order chi connectivity index (χ0) is 14.4. The van der Waals surface area contributed by atoms with Gasteiger partial charge in [0.1, 0.15) is 5.00 Å². The molecule has 102 valence electrons. The van der Waals surface area contributed by atoms with Crippen molar-refractivity contribution < 1.29 is 19.1 Å². The summed E-state index contributed by atoms with van der Waals surface area (Å²) >= 11 is 1.17. The molecule has 0 saturated heterocycles. The Morgan fingerprint density at radius 3 is 2.74 bits per heavy atom. The zero-order valence-corrected chi connectivity index (χ0v) is 11.3. The van der Waals surface area contributed by atoms with E-state index in [1.165, 1.54) is 36.5 Å². The molecule has 1 rings (SSSR count). The first kappa shape index (κ1) is 14.9. The number of hydrogen-bond donors (Lipinski definition) is 2. The Morgan fingerprint density at radius 1 is 1.47 bits per heavy atom. The van der Waals surface area contributed by atoms with Crippen LogP contribution in [0.3, 0.4) is 0 Å². The maximum atomic E-state index is 11.8. The minimum atomic E-state index is -0.966. The summed E-state index contributed by atoms with van der Waals surface area (Å²) in [5, 5.41) is 4.47. The topological polar surface area (TPSA) is 98.5 Å². The minimum Gasteiger partial charge on any atom is -0.449 e. The molecule has 7 heteroatoms. The first-order chi connectivity index (χ1) is 8.95. The van der Waals surface area contributed by atoms with Crippen molar-refractivity contribution in [1.29, 1.82) is 0 Å². The molecule has 0 aliphatic carbocycles. The molecule has 0 aliphatic rings. The van der Waals surface area contributed by atoms with Gasteiger partial charge in [0, 0.05) is 6.08 Å². The number of primary amides is 1. The van der Waals surface area contributed by atoms with Crippen LogP contribution < -0.4 is 11.1 Å². The van der Waals surface area contributed by atoms with E-state index in [0.29, 0.717) is 5.00 Å². The molecule has 3 N–H and O–H groups in total. The summed E-state index contributed by atoms with van der Waals surface area (Å²) in [6, 6.07) is 1.51. The van der Waals surface area contributed by atoms with E-state index < -0.39 is 23.9 Å². The SMILES string of the molecule is C/C=C/C(=O)OC(C)C(=O)Nc1sccc1C(N)=O. The smallest absolute Gasteiger partial charge is 0.331 e. The summed E-state index contributed by atoms with van der Waals surface area (Å²) in [6.45, 7) is 3.10. The van der Waals surface area contributed by atoms with Crippen molar-refractivity contribution in [3.05, 3.63) is 29.2 Å². The second-order valence-corrected chi connectivity index (χ2v) is 4.51. The van der Waals surface area contributed by atoms with E-state index in [1.54, 1.807) is 12.3 Å². The number of hydrogen-bond acceptors (Lipinski definition) is 5. The largest absolute Gasteiger partial charge is 0.449 e. The highest BCUT2D eigenvalue weighted by Gasteiger charge is 2.19. The van der Waals surface area contributed by atoms with Gasteiger partial charge in [-0.2, -0.15) is 0 Å². The Bertz CT molecular complexity index is 522. The van der Waals surface area contributed by atoms with E-state index in [1.807, 2.05) is 0 Å². The van der Waals surface area contributed by atoms with Crippen molar-refractivity contribution in [2.24, 2.45) is 5.73 Å². The first-order valence-electron chi connectivity index (χ1n) is 5.47. The third-order valence-corrected chi connectivity index (χ3v) is 2.96. The van der Waals surface area contributed by atoms with Crippen molar-refractivity contribution >= 4 is 34.1 Å². The van der Waals surface area contributed by atoms with Gasteiger partial charge >= 0.3 is 5.97 Å². The molecule has 6 nitrogen and oxygen atoms in total. The highest BCUT2D eigenvalue weighted by Crippen LogP contribution is 2.22. The molecule has 1 unspecified atom stereocenters. The summed E-state index contributed by atoms with van der Waals surface area (Å²) in [5.41, 5.74) is 5.38. The molecule has 2 amide bonds. The van der Waals surface area contributed by atoms with Crippen molar-refractivity contribution in [2.45, 2.75) is 20.0 Å². The van der Waals surface area contributed by atoms with Gasteiger partial charge < -0.3 is 15.8 Å². The Morgan fingerprint density at radius 2 is 2.16 bits per heavy atom. The van der Waals surface area contributed by atoms with Crippen LogP contribution in [0.15, 0.2) is 23.6 Å². The lowest BCUT2D eigenvalue weighted by atomic mass is 10.3. The van der Waals surface area contributed by atoms with E-state index in [9.17, 15) is 14.4 Å². The van der Waals surface area contributed by atoms with E-state index in [4.69, 9.17) is 10.5 Å². The standard InChI is InChI=1S/C12H14N2O4S/c1-3-4-9(15)18-7(2)11(17)14-12-8(10(13)16)5-6-19-12/h3-7H,1-2H3,(H2,13,16)(H,14,17)/b4-3+. The third kappa shape index (κ3) is 4.22. The van der Waals surface area contributed by atoms with Crippen LogP contribution in [0.5, 0.6) is 0 Å². The predicted molar refractivity (Wildman–Crippen MR) is 71.8 cm³/mol. The molecule has 0 radical (unpaired) electrons. The first-order valence-corrected chi connectivity index (χ1v) is 6.35. The third-order valence-electron chi connectivity index (χ3n) is 2.13. The van der Waals surface area contributed by atoms with E-state index in [0.717, 1.165) is 0 Å². The summed E-state index contributed by atoms with van der Waals surface area (Å²) in [5.74, 6) is -1.76. The number of thiophene rings is 1. The van der Waals surface area contributed by atoms with Crippen molar-refractivity contribution in [3.8, 4) is 0 Å². The average molecular weight is 282 g/mol. The van der Waals surface area contributed by atoms with Gasteiger partial charge in [-0.25, -0.2) is 4.79 Å². The Kier molecular flexibility index (Phi) is 5.25. The van der Waals surface area contributed by atoms with Crippen LogP contribution in [0.2, 0.25) is 0 Å². The fraction of sp³-hybridized carbons (Fsp3) is 0.250. The van der Waals surface area contributed by atoms with E-state index in [2.05, 4.69) is 5.32 Å². The van der Waals surface area contributed by atoms with Crippen LogP contribution in [-0.2, 0) is 14.3 Å². The number of rotatable bonds is 5. The van der Waals surface area contributed by atoms with E-state index >= 15 is 0 Å². The van der Waals surface area contributed by atoms with Gasteiger partial charge in [0.05, 0.1) is 5.56 Å². The fourth-order valence-electron chi connectivity index (χ4n) is 1.22. The lowest BCUT2D eigenvalue weighted by Crippen LogP contribution is -2.29. The highest BCUT2D eigenvalue weighted by molar-refractivity contribution is 7.14. The van der Waals surface area contributed by atoms with Crippen molar-refractivity contribution in [3.63, 3.8) is 0 Å². The Balaban J connectivity index is 2.66. The number of allylic oxidation sites excluding steroid dienone is 1. The predicted octanol–water partition coefficient (Wildman–Crippen LogP) is 1.29. The molecule has 19 heavy (non-hydrogen) atoms. The normalized spacial score (nSPS) is 12.1. The van der Waals surface area contributed by atoms with Crippen LogP contribution in [0.1, 0.15) is 24.2 Å². The van der Waals surface area contributed by atoms with Gasteiger partial charge in [0.25, 0.3) is 11.8 Å². The van der Waals surface area contributed by atoms with E-state index in [-0.39, 0.29) is 5.56 Å². The maximum absolute atomic E-state index is 11.8. The molecule has 1 heterocycles. The second kappa shape index (κ2) is 6.69. The number of esters is 1. The number of nitrogens with one attached hydrogen (secondary N) is 1. The molecule has 0 saturated carbocycles. The monoisotopic (exact) mass is 282 g/mol. The van der Waals surface area contributed by atoms with Gasteiger partial charge in [0.15, 0.2) is 6.10 Å². The van der Waals surface area contributed by atoms with Gasteiger partial charge in [-0.3, -0.25) is 9.59 Å². The fourth-order valence-corrected chi connectivity index (χ4v) is 2.01. The van der Waals surface area contributed by atoms with Crippen LogP contribution in [0.25, 0.3) is 0 Å². The molecule has 1 aromatic rings. The molecule has 1 atom stereocenters. The summed E-state index contributed by atoms with van der Waals surface area (Å²) < 4.78 is 4.85. The number of anilines is 1. The number of carbonyl (C=O) groups is 3. The van der Waals surface area contributed by atoms with Crippen LogP contribution >= 0.6 is 11.3 Å². The van der Waals surface area contributed by atoms with Gasteiger partial charge in [-0.1, -0.05) is 6.08 Å². The molecule has 0 spiro atoms. The summed E-state index contributed by atoms with van der Waals surface area (Å²) in [4.78, 5) is 34.0. The lowest BCUT2D eigenvalue weighted by molar-refractivity contribution is -0.148. The molecule has 1 aromatic heterocycles. The molecule has 0 aromatic carbocycles. The summed E-state index contributed by atoms with van der Waals surface area (Å²) in [7, 11) is 0. The molecule has 0 bridgehead atoms. The van der Waals surface area contributed by atoms with Gasteiger partial charge in [-0.05, 0) is 25.3 Å². The number of amides is 2. The quantitative estimate of drug-likeness (QED) is 0.628. The minimum absolute atomic E-state index is 0.227. The molecular formula is C12H14N2O4S. The van der Waals surface area contributed by atoms with Crippen LogP contribution in [0, 0.1) is 0 Å². The molecular weight excluding hydrogens is 268 g/mol. The maximum Gasteiger partial charge on any atom is 0.331 e. The number of ether oxygens (including phenoxy) is 1.